The van der Waals surface area contributed by atoms with Gasteiger partial charge in [0.1, 0.15) is 0 Å². The molecule has 2 rings (SSSR count). The van der Waals surface area contributed by atoms with Crippen molar-refractivity contribution in [2.75, 3.05) is 26.2 Å². The maximum atomic E-state index is 11.5. The Balaban J connectivity index is 1.84. The molecule has 0 aromatic rings. The zero-order valence-electron chi connectivity index (χ0n) is 7.76. The lowest BCUT2D eigenvalue weighted by Gasteiger charge is -2.56. The first-order valence-corrected chi connectivity index (χ1v) is 4.62. The van der Waals surface area contributed by atoms with Crippen molar-refractivity contribution in [3.05, 3.63) is 0 Å². The number of rotatable bonds is 1. The van der Waals surface area contributed by atoms with Gasteiger partial charge in [0.15, 0.2) is 0 Å². The van der Waals surface area contributed by atoms with Crippen LogP contribution in [0, 0.1) is 11.3 Å². The maximum Gasteiger partial charge on any atom is 0.225 e. The van der Waals surface area contributed by atoms with Crippen molar-refractivity contribution in [2.24, 2.45) is 11.3 Å². The molecule has 0 radical (unpaired) electrons. The van der Waals surface area contributed by atoms with Crippen LogP contribution in [0.15, 0.2) is 0 Å². The van der Waals surface area contributed by atoms with Crippen LogP contribution in [0.3, 0.4) is 0 Å². The molecule has 0 aliphatic carbocycles. The number of likely N-dealkylation sites (tertiary alicyclic amines) is 1. The molecule has 2 aliphatic heterocycles. The van der Waals surface area contributed by atoms with E-state index in [2.05, 4.69) is 5.32 Å². The number of nitrogens with zero attached hydrogens (tertiary/aromatic N) is 1. The first-order valence-electron chi connectivity index (χ1n) is 4.62. The van der Waals surface area contributed by atoms with E-state index in [0.717, 1.165) is 26.2 Å². The normalized spacial score (nSPS) is 25.4. The summed E-state index contributed by atoms with van der Waals surface area (Å²) in [5, 5.41) is 3.25. The van der Waals surface area contributed by atoms with Crippen LogP contribution in [-0.2, 0) is 4.79 Å². The van der Waals surface area contributed by atoms with E-state index < -0.39 is 0 Å². The fraction of sp³-hybridized carbons (Fsp3) is 0.889. The molecule has 2 heterocycles. The highest BCUT2D eigenvalue weighted by molar-refractivity contribution is 5.79. The van der Waals surface area contributed by atoms with Crippen molar-refractivity contribution in [1.29, 1.82) is 0 Å². The Morgan fingerprint density at radius 2 is 2.00 bits per heavy atom. The van der Waals surface area contributed by atoms with E-state index in [1.807, 2.05) is 18.7 Å². The van der Waals surface area contributed by atoms with Crippen molar-refractivity contribution in [3.63, 3.8) is 0 Å². The van der Waals surface area contributed by atoms with Crippen LogP contribution in [0.2, 0.25) is 0 Å². The second kappa shape index (κ2) is 2.46. The van der Waals surface area contributed by atoms with E-state index in [4.69, 9.17) is 0 Å². The largest absolute Gasteiger partial charge is 0.341 e. The number of carbonyl (C=O) groups excluding carboxylic acids is 1. The standard InChI is InChI=1S/C9H16N2O/c1-7(2)8(12)11-5-9(6-11)3-10-4-9/h7,10H,3-6H2,1-2H3. The lowest BCUT2D eigenvalue weighted by Crippen LogP contribution is -2.72. The Morgan fingerprint density at radius 3 is 2.33 bits per heavy atom. The van der Waals surface area contributed by atoms with Crippen LogP contribution in [0.4, 0.5) is 0 Å². The summed E-state index contributed by atoms with van der Waals surface area (Å²) >= 11 is 0. The quantitative estimate of drug-likeness (QED) is 0.601. The molecule has 0 unspecified atom stereocenters. The summed E-state index contributed by atoms with van der Waals surface area (Å²) < 4.78 is 0. The summed E-state index contributed by atoms with van der Waals surface area (Å²) in [5.41, 5.74) is 0.477. The second-order valence-corrected chi connectivity index (χ2v) is 4.45. The summed E-state index contributed by atoms with van der Waals surface area (Å²) in [4.78, 5) is 13.4. The number of nitrogens with one attached hydrogen (secondary N) is 1. The minimum atomic E-state index is 0.162. The lowest BCUT2D eigenvalue weighted by atomic mass is 9.74. The average Bonchev–Trinajstić information content (AvgIpc) is 1.80. The van der Waals surface area contributed by atoms with Gasteiger partial charge in [-0.2, -0.15) is 0 Å². The van der Waals surface area contributed by atoms with Gasteiger partial charge in [-0.3, -0.25) is 4.79 Å². The van der Waals surface area contributed by atoms with E-state index in [-0.39, 0.29) is 5.92 Å². The van der Waals surface area contributed by atoms with Crippen LogP contribution in [0.25, 0.3) is 0 Å². The highest BCUT2D eigenvalue weighted by Gasteiger charge is 2.49. The molecule has 0 aromatic heterocycles. The van der Waals surface area contributed by atoms with Crippen LogP contribution < -0.4 is 5.32 Å². The molecule has 2 saturated heterocycles. The Labute approximate surface area is 73.1 Å². The molecular formula is C9H16N2O. The van der Waals surface area contributed by atoms with Crippen LogP contribution in [-0.4, -0.2) is 37.0 Å². The zero-order valence-corrected chi connectivity index (χ0v) is 7.76. The first-order chi connectivity index (χ1) is 5.63. The topological polar surface area (TPSA) is 32.3 Å². The molecule has 3 heteroatoms. The molecule has 0 aromatic carbocycles. The summed E-state index contributed by atoms with van der Waals surface area (Å²) in [6.07, 6.45) is 0. The fourth-order valence-electron chi connectivity index (χ4n) is 1.99. The SMILES string of the molecule is CC(C)C(=O)N1CC2(CNC2)C1. The van der Waals surface area contributed by atoms with E-state index in [9.17, 15) is 4.79 Å². The van der Waals surface area contributed by atoms with Crippen molar-refractivity contribution in [1.82, 2.24) is 10.2 Å². The molecule has 68 valence electrons. The Bertz CT molecular complexity index is 201. The summed E-state index contributed by atoms with van der Waals surface area (Å²) in [6.45, 7) is 8.11. The van der Waals surface area contributed by atoms with Gasteiger partial charge in [-0.1, -0.05) is 13.8 Å². The smallest absolute Gasteiger partial charge is 0.225 e. The van der Waals surface area contributed by atoms with E-state index in [1.54, 1.807) is 0 Å². The van der Waals surface area contributed by atoms with Gasteiger partial charge in [0.05, 0.1) is 0 Å². The molecule has 0 atom stereocenters. The number of carbonyl (C=O) groups is 1. The van der Waals surface area contributed by atoms with Crippen LogP contribution in [0.5, 0.6) is 0 Å². The molecule has 2 aliphatic rings. The molecular weight excluding hydrogens is 152 g/mol. The number of amides is 1. The van der Waals surface area contributed by atoms with Gasteiger partial charge in [0, 0.05) is 37.5 Å². The molecule has 1 amide bonds. The van der Waals surface area contributed by atoms with Crippen molar-refractivity contribution < 1.29 is 4.79 Å². The van der Waals surface area contributed by atoms with Gasteiger partial charge >= 0.3 is 0 Å². The third kappa shape index (κ3) is 1.04. The van der Waals surface area contributed by atoms with Gasteiger partial charge in [-0.15, -0.1) is 0 Å². The van der Waals surface area contributed by atoms with E-state index in [1.165, 1.54) is 0 Å². The molecule has 0 bridgehead atoms. The maximum absolute atomic E-state index is 11.5. The van der Waals surface area contributed by atoms with Crippen molar-refractivity contribution in [2.45, 2.75) is 13.8 Å². The molecule has 3 nitrogen and oxygen atoms in total. The van der Waals surface area contributed by atoms with Crippen molar-refractivity contribution >= 4 is 5.91 Å². The summed E-state index contributed by atoms with van der Waals surface area (Å²) in [5.74, 6) is 0.475. The van der Waals surface area contributed by atoms with Gasteiger partial charge < -0.3 is 10.2 Å². The first kappa shape index (κ1) is 8.05. The summed E-state index contributed by atoms with van der Waals surface area (Å²) in [6, 6.07) is 0. The second-order valence-electron chi connectivity index (χ2n) is 4.45. The Kier molecular flexibility index (Phi) is 1.65. The third-order valence-electron chi connectivity index (χ3n) is 2.86. The van der Waals surface area contributed by atoms with E-state index >= 15 is 0 Å². The highest BCUT2D eigenvalue weighted by Crippen LogP contribution is 2.34. The summed E-state index contributed by atoms with van der Waals surface area (Å²) in [7, 11) is 0. The molecule has 1 spiro atoms. The number of hydrogen-bond acceptors (Lipinski definition) is 2. The Morgan fingerprint density at radius 1 is 1.42 bits per heavy atom. The molecule has 0 saturated carbocycles. The molecule has 2 fully saturated rings. The minimum absolute atomic E-state index is 0.162. The van der Waals surface area contributed by atoms with Crippen LogP contribution >= 0.6 is 0 Å². The van der Waals surface area contributed by atoms with Crippen molar-refractivity contribution in [3.8, 4) is 0 Å². The number of hydrogen-bond donors (Lipinski definition) is 1. The van der Waals surface area contributed by atoms with Gasteiger partial charge in [0.25, 0.3) is 0 Å². The van der Waals surface area contributed by atoms with Gasteiger partial charge in [-0.05, 0) is 0 Å². The van der Waals surface area contributed by atoms with Crippen LogP contribution in [0.1, 0.15) is 13.8 Å². The minimum Gasteiger partial charge on any atom is -0.341 e. The zero-order chi connectivity index (χ0) is 8.77. The monoisotopic (exact) mass is 168 g/mol. The van der Waals surface area contributed by atoms with Gasteiger partial charge in [0.2, 0.25) is 5.91 Å². The van der Waals surface area contributed by atoms with Gasteiger partial charge in [-0.25, -0.2) is 0 Å². The fourth-order valence-corrected chi connectivity index (χ4v) is 1.99. The third-order valence-corrected chi connectivity index (χ3v) is 2.86. The van der Waals surface area contributed by atoms with E-state index in [0.29, 0.717) is 11.3 Å². The molecule has 1 N–H and O–H groups in total. The lowest BCUT2D eigenvalue weighted by molar-refractivity contribution is -0.150. The highest BCUT2D eigenvalue weighted by atomic mass is 16.2. The molecule has 12 heavy (non-hydrogen) atoms. The Hall–Kier alpha value is -0.570. The predicted octanol–water partition coefficient (Wildman–Crippen LogP) is 0.0742. The predicted molar refractivity (Wildman–Crippen MR) is 46.7 cm³/mol. The average molecular weight is 168 g/mol.